The van der Waals surface area contributed by atoms with Gasteiger partial charge in [0.2, 0.25) is 0 Å². The van der Waals surface area contributed by atoms with Crippen LogP contribution in [-0.4, -0.2) is 27.7 Å². The number of thiazole rings is 1. The van der Waals surface area contributed by atoms with Gasteiger partial charge in [0, 0.05) is 34.8 Å². The van der Waals surface area contributed by atoms with E-state index in [2.05, 4.69) is 34.6 Å². The summed E-state index contributed by atoms with van der Waals surface area (Å²) in [6.07, 6.45) is 5.18. The monoisotopic (exact) mass is 451 g/mol. The van der Waals surface area contributed by atoms with Crippen LogP contribution in [0, 0.1) is 0 Å². The average molecular weight is 452 g/mol. The zero-order chi connectivity index (χ0) is 21.4. The van der Waals surface area contributed by atoms with Gasteiger partial charge in [0.15, 0.2) is 5.13 Å². The molecule has 2 unspecified atom stereocenters. The number of rotatable bonds is 5. The van der Waals surface area contributed by atoms with Crippen LogP contribution < -0.4 is 15.8 Å². The van der Waals surface area contributed by atoms with E-state index in [0.29, 0.717) is 10.9 Å². The number of nitrogens with zero attached hydrogens (tertiary/aromatic N) is 3. The number of methoxy groups -OCH3 is 1. The fraction of sp³-hybridized carbons (Fsp3) is 0.217. The lowest BCUT2D eigenvalue weighted by Gasteiger charge is -2.26. The van der Waals surface area contributed by atoms with Crippen LogP contribution in [0.15, 0.2) is 61.1 Å². The Morgan fingerprint density at radius 3 is 2.81 bits per heavy atom. The van der Waals surface area contributed by atoms with Crippen LogP contribution in [0.25, 0.3) is 5.69 Å². The van der Waals surface area contributed by atoms with Crippen molar-refractivity contribution in [1.29, 1.82) is 0 Å². The lowest BCUT2D eigenvalue weighted by molar-refractivity contribution is 0.413. The van der Waals surface area contributed by atoms with Crippen molar-refractivity contribution in [2.24, 2.45) is 5.73 Å². The Balaban J connectivity index is 1.44. The Kier molecular flexibility index (Phi) is 5.40. The first-order chi connectivity index (χ1) is 15.1. The van der Waals surface area contributed by atoms with Crippen LogP contribution in [0.3, 0.4) is 0 Å². The van der Waals surface area contributed by atoms with Gasteiger partial charge in [0.1, 0.15) is 17.2 Å². The fourth-order valence-corrected chi connectivity index (χ4v) is 5.36. The van der Waals surface area contributed by atoms with Gasteiger partial charge in [-0.3, -0.25) is 0 Å². The Morgan fingerprint density at radius 2 is 2.06 bits per heavy atom. The minimum atomic E-state index is 0.146. The third kappa shape index (κ3) is 4.04. The molecule has 1 aliphatic carbocycles. The average Bonchev–Trinajstić information content (AvgIpc) is 3.39. The van der Waals surface area contributed by atoms with Gasteiger partial charge in [-0.05, 0) is 30.5 Å². The molecule has 2 aromatic heterocycles. The van der Waals surface area contributed by atoms with Crippen molar-refractivity contribution < 1.29 is 4.74 Å². The number of benzene rings is 2. The maximum atomic E-state index is 6.38. The lowest BCUT2D eigenvalue weighted by atomic mass is 9.83. The van der Waals surface area contributed by atoms with Crippen LogP contribution in [-0.2, 0) is 6.42 Å². The highest BCUT2D eigenvalue weighted by molar-refractivity contribution is 7.15. The summed E-state index contributed by atoms with van der Waals surface area (Å²) in [5.41, 5.74) is 10.5. The van der Waals surface area contributed by atoms with E-state index >= 15 is 0 Å². The number of hydrogen-bond donors (Lipinski definition) is 2. The summed E-state index contributed by atoms with van der Waals surface area (Å²) in [6.45, 7) is 0. The fourth-order valence-electron chi connectivity index (χ4n) is 4.07. The second-order valence-corrected chi connectivity index (χ2v) is 9.08. The van der Waals surface area contributed by atoms with E-state index in [0.717, 1.165) is 35.0 Å². The molecule has 1 aliphatic rings. The normalized spacial score (nSPS) is 17.9. The molecule has 0 aliphatic heterocycles. The van der Waals surface area contributed by atoms with E-state index in [1.54, 1.807) is 31.0 Å². The number of hydrogen-bond acceptors (Lipinski definition) is 6. The van der Waals surface area contributed by atoms with Gasteiger partial charge in [-0.25, -0.2) is 9.97 Å². The molecule has 158 valence electrons. The molecule has 0 amide bonds. The second-order valence-electron chi connectivity index (χ2n) is 7.61. The van der Waals surface area contributed by atoms with Gasteiger partial charge in [0.05, 0.1) is 18.5 Å². The summed E-state index contributed by atoms with van der Waals surface area (Å²) in [5.74, 6) is 0.944. The highest BCUT2D eigenvalue weighted by Crippen LogP contribution is 2.41. The summed E-state index contributed by atoms with van der Waals surface area (Å²) in [6, 6.07) is 16.6. The molecule has 31 heavy (non-hydrogen) atoms. The van der Waals surface area contributed by atoms with Crippen LogP contribution in [0.4, 0.5) is 10.8 Å². The quantitative estimate of drug-likeness (QED) is 0.439. The van der Waals surface area contributed by atoms with Gasteiger partial charge in [-0.1, -0.05) is 41.9 Å². The molecule has 2 aromatic carbocycles. The first kappa shape index (κ1) is 20.1. The van der Waals surface area contributed by atoms with Crippen molar-refractivity contribution in [1.82, 2.24) is 14.5 Å². The zero-order valence-electron chi connectivity index (χ0n) is 17.0. The molecule has 0 radical (unpaired) electrons. The van der Waals surface area contributed by atoms with Gasteiger partial charge in [-0.2, -0.15) is 0 Å². The van der Waals surface area contributed by atoms with Crippen molar-refractivity contribution in [2.45, 2.75) is 24.8 Å². The molecule has 8 heteroatoms. The molecular weight excluding hydrogens is 430 g/mol. The second kappa shape index (κ2) is 8.34. The van der Waals surface area contributed by atoms with E-state index < -0.39 is 0 Å². The number of anilines is 2. The summed E-state index contributed by atoms with van der Waals surface area (Å²) in [7, 11) is 1.65. The van der Waals surface area contributed by atoms with Crippen LogP contribution in [0.5, 0.6) is 5.75 Å². The summed E-state index contributed by atoms with van der Waals surface area (Å²) >= 11 is 7.63. The predicted molar refractivity (Wildman–Crippen MR) is 125 cm³/mol. The van der Waals surface area contributed by atoms with Crippen molar-refractivity contribution >= 4 is 33.8 Å². The first-order valence-corrected chi connectivity index (χ1v) is 11.2. The third-order valence-electron chi connectivity index (χ3n) is 5.51. The maximum absolute atomic E-state index is 6.38. The highest BCUT2D eigenvalue weighted by atomic mass is 35.5. The smallest absolute Gasteiger partial charge is 0.187 e. The number of nitrogens with two attached hydrogens (primary N) is 1. The number of ether oxygens (including phenoxy) is 1. The number of aromatic nitrogens is 3. The van der Waals surface area contributed by atoms with Crippen molar-refractivity contribution in [3.05, 3.63) is 82.3 Å². The molecule has 4 aromatic rings. The Bertz CT molecular complexity index is 1210. The Hall–Kier alpha value is -2.87. The van der Waals surface area contributed by atoms with Gasteiger partial charge < -0.3 is 20.4 Å². The summed E-state index contributed by atoms with van der Waals surface area (Å²) in [4.78, 5) is 10.3. The van der Waals surface area contributed by atoms with Crippen molar-refractivity contribution in [3.8, 4) is 11.4 Å². The minimum absolute atomic E-state index is 0.146. The van der Waals surface area contributed by atoms with E-state index in [-0.39, 0.29) is 12.0 Å². The van der Waals surface area contributed by atoms with E-state index in [1.165, 1.54) is 10.4 Å². The molecular formula is C23H22ClN5OS. The molecule has 2 heterocycles. The first-order valence-electron chi connectivity index (χ1n) is 10.1. The summed E-state index contributed by atoms with van der Waals surface area (Å²) < 4.78 is 7.42. The molecule has 0 fully saturated rings. The standard InChI is InChI=1S/C23H22ClN5OS/c1-30-19-11-16(7-8-18(19)29-12-21(24)26-13-29)27-23-28-22-17(14-5-3-2-4-6-14)9-15(25)10-20(22)31-23/h2-8,11-13,15,17H,9-10,25H2,1H3,(H,27,28). The minimum Gasteiger partial charge on any atom is -0.494 e. The lowest BCUT2D eigenvalue weighted by Crippen LogP contribution is -2.30. The highest BCUT2D eigenvalue weighted by Gasteiger charge is 2.30. The number of halogens is 1. The van der Waals surface area contributed by atoms with Gasteiger partial charge >= 0.3 is 0 Å². The maximum Gasteiger partial charge on any atom is 0.187 e. The van der Waals surface area contributed by atoms with Crippen LogP contribution in [0.2, 0.25) is 5.15 Å². The molecule has 5 rings (SSSR count). The molecule has 0 spiro atoms. The SMILES string of the molecule is COc1cc(Nc2nc3c(s2)CC(N)CC3c2ccccc2)ccc1-n1cnc(Cl)c1. The number of nitrogens with one attached hydrogen (secondary N) is 1. The van der Waals surface area contributed by atoms with Crippen molar-refractivity contribution in [2.75, 3.05) is 12.4 Å². The van der Waals surface area contributed by atoms with Crippen LogP contribution in [0.1, 0.15) is 28.5 Å². The Morgan fingerprint density at radius 1 is 1.23 bits per heavy atom. The van der Waals surface area contributed by atoms with Crippen LogP contribution >= 0.6 is 22.9 Å². The largest absolute Gasteiger partial charge is 0.494 e. The van der Waals surface area contributed by atoms with Gasteiger partial charge in [-0.15, -0.1) is 11.3 Å². The molecule has 0 saturated carbocycles. The molecule has 0 bridgehead atoms. The van der Waals surface area contributed by atoms with E-state index in [9.17, 15) is 0 Å². The summed E-state index contributed by atoms with van der Waals surface area (Å²) in [5, 5.41) is 4.74. The number of fused-ring (bicyclic) bond motifs is 1. The topological polar surface area (TPSA) is 78.0 Å². The molecule has 6 nitrogen and oxygen atoms in total. The Labute approximate surface area is 189 Å². The molecule has 0 saturated heterocycles. The zero-order valence-corrected chi connectivity index (χ0v) is 18.5. The van der Waals surface area contributed by atoms with Crippen molar-refractivity contribution in [3.63, 3.8) is 0 Å². The number of imidazole rings is 1. The molecule has 2 atom stereocenters. The van der Waals surface area contributed by atoms with E-state index in [1.807, 2.05) is 28.8 Å². The third-order valence-corrected chi connectivity index (χ3v) is 6.71. The van der Waals surface area contributed by atoms with Gasteiger partial charge in [0.25, 0.3) is 0 Å². The molecule has 3 N–H and O–H groups in total. The predicted octanol–water partition coefficient (Wildman–Crippen LogP) is 5.14. The van der Waals surface area contributed by atoms with E-state index in [4.69, 9.17) is 27.1 Å².